The Balaban J connectivity index is 2.11. The Morgan fingerprint density at radius 1 is 1.00 bits per heavy atom. The molecule has 21 heavy (non-hydrogen) atoms. The highest BCUT2D eigenvalue weighted by atomic mass is 16.3. The number of phenolic OH excluding ortho intramolecular Hbond substituents is 1. The summed E-state index contributed by atoms with van der Waals surface area (Å²) in [7, 11) is 0. The third-order valence-corrected chi connectivity index (χ3v) is 3.28. The molecule has 0 aliphatic carbocycles. The van der Waals surface area contributed by atoms with E-state index in [2.05, 4.69) is 9.97 Å². The third-order valence-electron chi connectivity index (χ3n) is 3.28. The number of benzene rings is 1. The smallest absolute Gasteiger partial charge is 0.183 e. The molecule has 0 amide bonds. The van der Waals surface area contributed by atoms with Gasteiger partial charge >= 0.3 is 0 Å². The van der Waals surface area contributed by atoms with Crippen LogP contribution in [0.1, 0.15) is 0 Å². The summed E-state index contributed by atoms with van der Waals surface area (Å²) < 4.78 is 7.25. The molecular weight excluding hydrogens is 266 g/mol. The monoisotopic (exact) mass is 277 g/mol. The first-order chi connectivity index (χ1) is 10.3. The minimum Gasteiger partial charge on any atom is -0.506 e. The van der Waals surface area contributed by atoms with Crippen molar-refractivity contribution < 1.29 is 9.52 Å². The van der Waals surface area contributed by atoms with Crippen molar-refractivity contribution in [1.82, 2.24) is 14.5 Å². The van der Waals surface area contributed by atoms with Gasteiger partial charge in [-0.3, -0.25) is 4.57 Å². The Morgan fingerprint density at radius 3 is 2.71 bits per heavy atom. The highest BCUT2D eigenvalue weighted by molar-refractivity contribution is 5.79. The maximum Gasteiger partial charge on any atom is 0.183 e. The molecule has 0 aliphatic heterocycles. The van der Waals surface area contributed by atoms with Crippen LogP contribution in [-0.4, -0.2) is 19.6 Å². The zero-order chi connectivity index (χ0) is 14.2. The first-order valence-electron chi connectivity index (χ1n) is 6.50. The highest BCUT2D eigenvalue weighted by Gasteiger charge is 2.18. The predicted octanol–water partition coefficient (Wildman–Crippen LogP) is 3.39. The van der Waals surface area contributed by atoms with Crippen molar-refractivity contribution in [2.45, 2.75) is 0 Å². The maximum atomic E-state index is 10.2. The fourth-order valence-corrected chi connectivity index (χ4v) is 2.36. The number of pyridine rings is 1. The molecule has 0 saturated heterocycles. The van der Waals surface area contributed by atoms with E-state index in [1.165, 1.54) is 0 Å². The largest absolute Gasteiger partial charge is 0.506 e. The Bertz CT molecular complexity index is 910. The topological polar surface area (TPSA) is 64.1 Å². The fraction of sp³-hybridized carbons (Fsp3) is 0. The van der Waals surface area contributed by atoms with Gasteiger partial charge in [-0.15, -0.1) is 0 Å². The summed E-state index contributed by atoms with van der Waals surface area (Å²) >= 11 is 0. The molecule has 1 N–H and O–H groups in total. The molecule has 4 aromatic rings. The van der Waals surface area contributed by atoms with Gasteiger partial charge in [-0.25, -0.2) is 9.97 Å². The van der Waals surface area contributed by atoms with E-state index in [1.54, 1.807) is 35.2 Å². The molecule has 4 rings (SSSR count). The molecule has 0 saturated carbocycles. The lowest BCUT2D eigenvalue weighted by Crippen LogP contribution is -1.98. The molecule has 1 aromatic carbocycles. The molecule has 3 aromatic heterocycles. The van der Waals surface area contributed by atoms with Gasteiger partial charge in [-0.1, -0.05) is 12.1 Å². The molecule has 0 bridgehead atoms. The van der Waals surface area contributed by atoms with E-state index in [1.807, 2.05) is 30.3 Å². The lowest BCUT2D eigenvalue weighted by atomic mass is 10.3. The first kappa shape index (κ1) is 11.7. The SMILES string of the molecule is Oc1ccccc1-n1c(-c2ccco2)nc2cccnc21. The van der Waals surface area contributed by atoms with Gasteiger partial charge < -0.3 is 9.52 Å². The molecule has 5 heteroatoms. The van der Waals surface area contributed by atoms with Crippen molar-refractivity contribution >= 4 is 11.2 Å². The number of hydrogen-bond acceptors (Lipinski definition) is 4. The summed E-state index contributed by atoms with van der Waals surface area (Å²) in [6.07, 6.45) is 3.30. The van der Waals surface area contributed by atoms with E-state index in [4.69, 9.17) is 4.42 Å². The zero-order valence-corrected chi connectivity index (χ0v) is 11.0. The number of fused-ring (bicyclic) bond motifs is 1. The van der Waals surface area contributed by atoms with Gasteiger partial charge in [-0.05, 0) is 36.4 Å². The molecular formula is C16H11N3O2. The van der Waals surface area contributed by atoms with E-state index in [0.29, 0.717) is 22.9 Å². The van der Waals surface area contributed by atoms with Gasteiger partial charge in [0.15, 0.2) is 17.2 Å². The van der Waals surface area contributed by atoms with Crippen molar-refractivity contribution in [3.05, 3.63) is 61.0 Å². The van der Waals surface area contributed by atoms with Crippen LogP contribution in [0, 0.1) is 0 Å². The van der Waals surface area contributed by atoms with Gasteiger partial charge in [0.05, 0.1) is 12.0 Å². The molecule has 0 fully saturated rings. The maximum absolute atomic E-state index is 10.2. The average molecular weight is 277 g/mol. The van der Waals surface area contributed by atoms with Gasteiger partial charge in [0.1, 0.15) is 11.3 Å². The van der Waals surface area contributed by atoms with Gasteiger partial charge in [0, 0.05) is 6.20 Å². The third kappa shape index (κ3) is 1.79. The number of para-hydroxylation sites is 2. The van der Waals surface area contributed by atoms with Crippen LogP contribution in [0.25, 0.3) is 28.4 Å². The van der Waals surface area contributed by atoms with Crippen molar-refractivity contribution in [3.8, 4) is 23.0 Å². The van der Waals surface area contributed by atoms with Crippen LogP contribution in [-0.2, 0) is 0 Å². The number of imidazole rings is 1. The van der Waals surface area contributed by atoms with Crippen molar-refractivity contribution in [2.75, 3.05) is 0 Å². The molecule has 102 valence electrons. The van der Waals surface area contributed by atoms with Crippen LogP contribution in [0.2, 0.25) is 0 Å². The number of aromatic hydroxyl groups is 1. The zero-order valence-electron chi connectivity index (χ0n) is 11.0. The summed E-state index contributed by atoms with van der Waals surface area (Å²) in [6, 6.07) is 14.4. The second-order valence-corrected chi connectivity index (χ2v) is 4.58. The summed E-state index contributed by atoms with van der Waals surface area (Å²) in [5, 5.41) is 10.2. The minimum atomic E-state index is 0.162. The van der Waals surface area contributed by atoms with E-state index in [0.717, 1.165) is 5.52 Å². The van der Waals surface area contributed by atoms with Crippen molar-refractivity contribution in [3.63, 3.8) is 0 Å². The standard InChI is InChI=1S/C16H11N3O2/c20-13-7-2-1-6-12(13)19-15-11(5-3-9-17-15)18-16(19)14-8-4-10-21-14/h1-10,20H. The van der Waals surface area contributed by atoms with E-state index < -0.39 is 0 Å². The summed E-state index contributed by atoms with van der Waals surface area (Å²) in [6.45, 7) is 0. The van der Waals surface area contributed by atoms with Crippen LogP contribution in [0.3, 0.4) is 0 Å². The number of furan rings is 1. The van der Waals surface area contributed by atoms with E-state index in [-0.39, 0.29) is 5.75 Å². The Labute approximate surface area is 120 Å². The molecule has 0 aliphatic rings. The Hall–Kier alpha value is -3.08. The Morgan fingerprint density at radius 2 is 1.90 bits per heavy atom. The number of rotatable bonds is 2. The predicted molar refractivity (Wildman–Crippen MR) is 78.2 cm³/mol. The summed E-state index contributed by atoms with van der Waals surface area (Å²) in [5.41, 5.74) is 2.03. The average Bonchev–Trinajstić information content (AvgIpc) is 3.15. The molecule has 3 heterocycles. The minimum absolute atomic E-state index is 0.162. The quantitative estimate of drug-likeness (QED) is 0.610. The first-order valence-corrected chi connectivity index (χ1v) is 6.50. The van der Waals surface area contributed by atoms with E-state index >= 15 is 0 Å². The number of hydrogen-bond donors (Lipinski definition) is 1. The number of aromatic nitrogens is 3. The van der Waals surface area contributed by atoms with Crippen LogP contribution in [0.5, 0.6) is 5.75 Å². The summed E-state index contributed by atoms with van der Waals surface area (Å²) in [4.78, 5) is 8.95. The van der Waals surface area contributed by atoms with Crippen LogP contribution < -0.4 is 0 Å². The normalized spacial score (nSPS) is 11.0. The lowest BCUT2D eigenvalue weighted by molar-refractivity contribution is 0.472. The van der Waals surface area contributed by atoms with Gasteiger partial charge in [-0.2, -0.15) is 0 Å². The fourth-order valence-electron chi connectivity index (χ4n) is 2.36. The van der Waals surface area contributed by atoms with Crippen molar-refractivity contribution in [1.29, 1.82) is 0 Å². The van der Waals surface area contributed by atoms with Crippen LogP contribution in [0.4, 0.5) is 0 Å². The van der Waals surface area contributed by atoms with E-state index in [9.17, 15) is 5.11 Å². The van der Waals surface area contributed by atoms with Crippen LogP contribution >= 0.6 is 0 Å². The number of nitrogens with zero attached hydrogens (tertiary/aromatic N) is 3. The van der Waals surface area contributed by atoms with Gasteiger partial charge in [0.25, 0.3) is 0 Å². The Kier molecular flexibility index (Phi) is 2.50. The molecule has 0 spiro atoms. The van der Waals surface area contributed by atoms with Crippen molar-refractivity contribution in [2.24, 2.45) is 0 Å². The number of phenols is 1. The second kappa shape index (κ2) is 4.49. The van der Waals surface area contributed by atoms with Crippen LogP contribution in [0.15, 0.2) is 65.4 Å². The second-order valence-electron chi connectivity index (χ2n) is 4.58. The summed E-state index contributed by atoms with van der Waals surface area (Å²) in [5.74, 6) is 1.39. The molecule has 0 atom stereocenters. The molecule has 0 radical (unpaired) electrons. The molecule has 0 unspecified atom stereocenters. The highest BCUT2D eigenvalue weighted by Crippen LogP contribution is 2.31. The molecule has 5 nitrogen and oxygen atoms in total. The van der Waals surface area contributed by atoms with Gasteiger partial charge in [0.2, 0.25) is 0 Å². The lowest BCUT2D eigenvalue weighted by Gasteiger charge is -2.08.